The molecule has 1 N–H and O–H groups in total. The molecule has 1 heterocycles. The summed E-state index contributed by atoms with van der Waals surface area (Å²) in [6, 6.07) is 10.0. The zero-order chi connectivity index (χ0) is 42.7. The number of anilines is 2. The van der Waals surface area contributed by atoms with Crippen LogP contribution in [0.15, 0.2) is 107 Å². The molecule has 6 aromatic rings. The van der Waals surface area contributed by atoms with E-state index < -0.39 is 105 Å². The van der Waals surface area contributed by atoms with Crippen LogP contribution in [0.1, 0.15) is 0 Å². The molecule has 5 aromatic carbocycles. The van der Waals surface area contributed by atoms with Crippen LogP contribution in [-0.2, 0) is 57.5 Å². The van der Waals surface area contributed by atoms with E-state index in [1.165, 1.54) is 24.3 Å². The Labute approximate surface area is 470 Å². The molecule has 0 fully saturated rings. The van der Waals surface area contributed by atoms with Crippen LogP contribution in [0, 0.1) is 0 Å². The Morgan fingerprint density at radius 1 is 0.571 bits per heavy atom. The average Bonchev–Trinajstić information content (AvgIpc) is 3.11. The normalized spacial score (nSPS) is 11.9. The van der Waals surface area contributed by atoms with Crippen molar-refractivity contribution in [2.45, 2.75) is 19.6 Å². The summed E-state index contributed by atoms with van der Waals surface area (Å²) in [5, 5.41) is 41.1. The van der Waals surface area contributed by atoms with Crippen LogP contribution in [0.3, 0.4) is 0 Å². The predicted octanol–water partition coefficient (Wildman–Crippen LogP) is -6.91. The fourth-order valence-corrected chi connectivity index (χ4v) is 8.27. The molecular weight excluding hydrogens is 1070 g/mol. The van der Waals surface area contributed by atoms with Crippen molar-refractivity contribution in [3.8, 4) is 11.5 Å². The van der Waals surface area contributed by atoms with E-state index in [-0.39, 0.29) is 180 Å². The van der Waals surface area contributed by atoms with Crippen molar-refractivity contribution < 1.29 is 197 Å². The van der Waals surface area contributed by atoms with Crippen molar-refractivity contribution in [3.63, 3.8) is 0 Å². The van der Waals surface area contributed by atoms with Crippen LogP contribution in [0.4, 0.5) is 34.3 Å². The monoisotopic (exact) mass is 1080 g/mol. The van der Waals surface area contributed by atoms with E-state index in [9.17, 15) is 62.1 Å². The Bertz CT molecular complexity index is 3290. The number of azo groups is 2. The third-order valence-corrected chi connectivity index (χ3v) is 11.9. The van der Waals surface area contributed by atoms with Gasteiger partial charge in [-0.2, -0.15) is 15.2 Å². The molecule has 0 bridgehead atoms. The van der Waals surface area contributed by atoms with Crippen LogP contribution in [0.5, 0.6) is 11.5 Å². The molecule has 0 saturated carbocycles. The Morgan fingerprint density at radius 3 is 1.70 bits per heavy atom. The van der Waals surface area contributed by atoms with Gasteiger partial charge in [-0.3, -0.25) is 0 Å². The van der Waals surface area contributed by atoms with Gasteiger partial charge in [-0.05, 0) is 82.4 Å². The Morgan fingerprint density at radius 2 is 1.14 bits per heavy atom. The van der Waals surface area contributed by atoms with Crippen molar-refractivity contribution in [2.24, 2.45) is 20.5 Å². The number of halogens is 3. The zero-order valence-corrected chi connectivity index (χ0v) is 46.3. The standard InChI is InChI=1S/C30H18Cl3N7O14S4.Cu.4Na/c31-24-28(32)35-30(33)36-29(24)34-14-2-4-15(5-3-14)37-38-18-8-12-1-6-19(41)25(17(12)11-20(18)56(46,47)48)39-40-26-22(58(52,53)54)9-13-7-16(55(43,44)45)10-21(57(49,50)51)23(13)27(26)42;;;;;/h1-11,41-42H,(H,34,35,36)(H,43,44,45)(H,46,47,48)(H,49,50,51)(H,52,53,54);;;;;/q;+2;4*+1/p-6. The van der Waals surface area contributed by atoms with Gasteiger partial charge in [0.1, 0.15) is 51.2 Å². The van der Waals surface area contributed by atoms with Gasteiger partial charge in [0, 0.05) is 11.1 Å². The maximum atomic E-state index is 13.5. The molecule has 21 nitrogen and oxygen atoms in total. The van der Waals surface area contributed by atoms with Crippen molar-refractivity contribution in [2.75, 3.05) is 5.32 Å². The maximum Gasteiger partial charge on any atom is 2.00 e. The van der Waals surface area contributed by atoms with Gasteiger partial charge in [-0.1, -0.05) is 46.8 Å². The molecule has 311 valence electrons. The van der Waals surface area contributed by atoms with Gasteiger partial charge in [-0.25, -0.2) is 38.7 Å². The first-order valence-electron chi connectivity index (χ1n) is 14.8. The molecule has 0 saturated heterocycles. The SMILES string of the molecule is O=S(=O)([O-])c1cc(S(=O)(=O)[O-])c2c([O-])c(N=Nc3c([O-])ccc4cc(N=Nc5ccc(Nc6nc(Cl)nc(Cl)c6Cl)cc5)c(S(=O)(=O)[O-])cc34)c(S(=O)(=O)[O-])cc2c1.[Cu+2].[Na+].[Na+].[Na+].[Na+]. The maximum absolute atomic E-state index is 13.5. The topological polar surface area (TPSA) is 362 Å². The molecule has 1 radical (unpaired) electrons. The minimum Gasteiger partial charge on any atom is -0.871 e. The largest absolute Gasteiger partial charge is 2.00 e. The number of hydrogen-bond donors (Lipinski definition) is 1. The smallest absolute Gasteiger partial charge is 0.871 e. The number of aromatic nitrogens is 2. The summed E-state index contributed by atoms with van der Waals surface area (Å²) in [6.07, 6.45) is 0. The van der Waals surface area contributed by atoms with E-state index in [1.807, 2.05) is 0 Å². The van der Waals surface area contributed by atoms with Crippen molar-refractivity contribution >= 4 is 131 Å². The summed E-state index contributed by atoms with van der Waals surface area (Å²) >= 11 is 17.8. The van der Waals surface area contributed by atoms with E-state index in [4.69, 9.17) is 34.8 Å². The number of rotatable bonds is 10. The predicted molar refractivity (Wildman–Crippen MR) is 194 cm³/mol. The first-order chi connectivity index (χ1) is 26.8. The summed E-state index contributed by atoms with van der Waals surface area (Å²) in [5.41, 5.74) is -2.33. The second kappa shape index (κ2) is 23.1. The number of nitrogens with zero attached hydrogens (tertiary/aromatic N) is 6. The van der Waals surface area contributed by atoms with Crippen LogP contribution in [0.2, 0.25) is 15.5 Å². The Hall–Kier alpha value is -0.671. The number of benzene rings is 5. The van der Waals surface area contributed by atoms with Crippen LogP contribution in [0.25, 0.3) is 21.5 Å². The minimum atomic E-state index is -5.79. The molecule has 0 aliphatic rings. The van der Waals surface area contributed by atoms with Crippen LogP contribution >= 0.6 is 34.8 Å². The fourth-order valence-electron chi connectivity index (χ4n) is 5.16. The quantitative estimate of drug-likeness (QED) is 0.0438. The molecule has 0 atom stereocenters. The first kappa shape index (κ1) is 60.3. The summed E-state index contributed by atoms with van der Waals surface area (Å²) in [4.78, 5) is 2.04. The summed E-state index contributed by atoms with van der Waals surface area (Å²) in [5.74, 6) is -2.80. The molecule has 0 spiro atoms. The third kappa shape index (κ3) is 14.0. The van der Waals surface area contributed by atoms with Crippen molar-refractivity contribution in [1.29, 1.82) is 0 Å². The van der Waals surface area contributed by atoms with E-state index in [1.54, 1.807) is 0 Å². The van der Waals surface area contributed by atoms with E-state index in [2.05, 4.69) is 35.7 Å². The average molecular weight is 1080 g/mol. The van der Waals surface area contributed by atoms with E-state index >= 15 is 0 Å². The van der Waals surface area contributed by atoms with Crippen molar-refractivity contribution in [1.82, 2.24) is 9.97 Å². The van der Waals surface area contributed by atoms with Gasteiger partial charge >= 0.3 is 135 Å². The second-order valence-corrected chi connectivity index (χ2v) is 17.9. The van der Waals surface area contributed by atoms with Gasteiger partial charge in [0.2, 0.25) is 5.28 Å². The van der Waals surface area contributed by atoms with E-state index in [0.29, 0.717) is 17.8 Å². The van der Waals surface area contributed by atoms with Crippen LogP contribution < -0.4 is 134 Å². The summed E-state index contributed by atoms with van der Waals surface area (Å²) < 4.78 is 145. The molecule has 1 aromatic heterocycles. The first-order valence-corrected chi connectivity index (χ1v) is 21.6. The molecule has 0 aliphatic carbocycles. The van der Waals surface area contributed by atoms with Gasteiger partial charge in [0.05, 0.1) is 36.6 Å². The zero-order valence-electron chi connectivity index (χ0n) is 31.8. The molecule has 0 unspecified atom stereocenters. The van der Waals surface area contributed by atoms with Crippen molar-refractivity contribution in [3.05, 3.63) is 82.2 Å². The fraction of sp³-hybridized carbons (Fsp3) is 0. The Kier molecular flexibility index (Phi) is 22.1. The molecule has 33 heteroatoms. The van der Waals surface area contributed by atoms with Gasteiger partial charge in [0.15, 0.2) is 11.0 Å². The Balaban J connectivity index is 0.00000397. The second-order valence-electron chi connectivity index (χ2n) is 11.4. The van der Waals surface area contributed by atoms with Gasteiger partial charge in [-0.15, -0.1) is 10.2 Å². The van der Waals surface area contributed by atoms with Gasteiger partial charge < -0.3 is 33.7 Å². The molecule has 63 heavy (non-hydrogen) atoms. The minimum absolute atomic E-state index is 0. The van der Waals surface area contributed by atoms with Crippen LogP contribution in [-0.4, -0.2) is 61.9 Å². The number of fused-ring (bicyclic) bond motifs is 2. The third-order valence-electron chi connectivity index (χ3n) is 7.64. The molecule has 0 amide bonds. The molecule has 6 rings (SSSR count). The van der Waals surface area contributed by atoms with E-state index in [0.717, 1.165) is 18.2 Å². The molecular formula is C30H12Cl3CuN7Na4O14S4. The summed E-state index contributed by atoms with van der Waals surface area (Å²) in [7, 11) is -22.5. The number of hydrogen-bond acceptors (Lipinski definition) is 21. The summed E-state index contributed by atoms with van der Waals surface area (Å²) in [6.45, 7) is 0. The van der Waals surface area contributed by atoms with Gasteiger partial charge in [0.25, 0.3) is 0 Å². The molecule has 0 aliphatic heterocycles. The number of nitrogens with one attached hydrogen (secondary N) is 1.